The number of esters is 1. The van der Waals surface area contributed by atoms with Crippen LogP contribution in [0.2, 0.25) is 0 Å². The largest absolute Gasteiger partial charge is 0.489 e. The number of non-ortho nitro benzene ring substituents is 1. The van der Waals surface area contributed by atoms with Gasteiger partial charge in [-0.05, 0) is 29.8 Å². The second-order valence-corrected chi connectivity index (χ2v) is 6.50. The number of hydrogen-bond acceptors (Lipinski definition) is 7. The van der Waals surface area contributed by atoms with Gasteiger partial charge in [-0.1, -0.05) is 30.3 Å². The molecule has 0 aliphatic carbocycles. The number of carbonyl (C=O) groups is 1. The molecule has 0 fully saturated rings. The number of methoxy groups -OCH3 is 1. The van der Waals surface area contributed by atoms with Crippen LogP contribution >= 0.6 is 0 Å². The summed E-state index contributed by atoms with van der Waals surface area (Å²) >= 11 is 0. The van der Waals surface area contributed by atoms with Crippen molar-refractivity contribution in [2.75, 3.05) is 7.11 Å². The summed E-state index contributed by atoms with van der Waals surface area (Å²) in [6, 6.07) is 16.5. The summed E-state index contributed by atoms with van der Waals surface area (Å²) in [4.78, 5) is 30.5. The number of para-hydroxylation sites is 1. The first-order chi connectivity index (χ1) is 16.0. The third-order valence-electron chi connectivity index (χ3n) is 4.22. The van der Waals surface area contributed by atoms with Crippen LogP contribution < -0.4 is 4.74 Å². The lowest BCUT2D eigenvalue weighted by Crippen LogP contribution is -2.09. The van der Waals surface area contributed by atoms with Gasteiger partial charge in [-0.2, -0.15) is 13.2 Å². The number of carbonyl (C=O) groups excluding carboxylic acids is 1. The molecule has 9 nitrogen and oxygen atoms in total. The predicted molar refractivity (Wildman–Crippen MR) is 113 cm³/mol. The SMILES string of the molecule is COC(=O)c1ccc(COc2ccc([N+](=O)[O-])c(C(F)(F)F)c2)cc1.O=[N+]([O-])c1ccccc1. The summed E-state index contributed by atoms with van der Waals surface area (Å²) in [7, 11) is 1.24. The molecule has 0 bridgehead atoms. The van der Waals surface area contributed by atoms with E-state index in [2.05, 4.69) is 4.74 Å². The lowest BCUT2D eigenvalue weighted by Gasteiger charge is -2.11. The van der Waals surface area contributed by atoms with E-state index in [-0.39, 0.29) is 18.0 Å². The fraction of sp³-hybridized carbons (Fsp3) is 0.136. The Kier molecular flexibility index (Phi) is 8.65. The van der Waals surface area contributed by atoms with E-state index in [0.717, 1.165) is 12.1 Å². The molecule has 0 aliphatic rings. The first kappa shape index (κ1) is 25.8. The Labute approximate surface area is 190 Å². The number of hydrogen-bond donors (Lipinski definition) is 0. The molecule has 3 aromatic rings. The van der Waals surface area contributed by atoms with Gasteiger partial charge >= 0.3 is 12.1 Å². The minimum atomic E-state index is -4.87. The van der Waals surface area contributed by atoms with Crippen molar-refractivity contribution < 1.29 is 37.3 Å². The van der Waals surface area contributed by atoms with E-state index in [1.165, 1.54) is 31.4 Å². The molecule has 0 N–H and O–H groups in total. The summed E-state index contributed by atoms with van der Waals surface area (Å²) in [6.07, 6.45) is -4.87. The van der Waals surface area contributed by atoms with Crippen molar-refractivity contribution in [3.8, 4) is 5.75 Å². The Morgan fingerprint density at radius 1 is 0.912 bits per heavy atom. The zero-order valence-electron chi connectivity index (χ0n) is 17.5. The number of alkyl halides is 3. The summed E-state index contributed by atoms with van der Waals surface area (Å²) < 4.78 is 48.5. The number of ether oxygens (including phenoxy) is 2. The predicted octanol–water partition coefficient (Wildman–Crippen LogP) is 5.57. The molecule has 0 unspecified atom stereocenters. The Balaban J connectivity index is 0.000000379. The number of nitro benzene ring substituents is 2. The second-order valence-electron chi connectivity index (χ2n) is 6.50. The number of halogens is 3. The maximum Gasteiger partial charge on any atom is 0.423 e. The van der Waals surface area contributed by atoms with Crippen molar-refractivity contribution in [2.24, 2.45) is 0 Å². The van der Waals surface area contributed by atoms with E-state index >= 15 is 0 Å². The Morgan fingerprint density at radius 3 is 2.00 bits per heavy atom. The number of rotatable bonds is 6. The third kappa shape index (κ3) is 7.29. The standard InChI is InChI=1S/C16H12F3NO5.C6H5NO2/c1-24-15(21)11-4-2-10(3-5-11)9-25-12-6-7-14(20(22)23)13(8-12)16(17,18)19;8-7(9)6-4-2-1-3-5-6/h2-8H,9H2,1H3;1-5H. The van der Waals surface area contributed by atoms with Crippen molar-refractivity contribution in [3.05, 3.63) is 110 Å². The molecule has 0 spiro atoms. The Hall–Kier alpha value is -4.48. The molecule has 3 rings (SSSR count). The lowest BCUT2D eigenvalue weighted by atomic mass is 10.1. The highest BCUT2D eigenvalue weighted by atomic mass is 19.4. The Bertz CT molecular complexity index is 1150. The topological polar surface area (TPSA) is 122 Å². The smallest absolute Gasteiger partial charge is 0.423 e. The second kappa shape index (κ2) is 11.4. The molecule has 0 saturated heterocycles. The molecule has 178 valence electrons. The van der Waals surface area contributed by atoms with Gasteiger partial charge in [0.25, 0.3) is 11.4 Å². The van der Waals surface area contributed by atoms with Crippen molar-refractivity contribution in [3.63, 3.8) is 0 Å². The van der Waals surface area contributed by atoms with Crippen LogP contribution in [0, 0.1) is 20.2 Å². The van der Waals surface area contributed by atoms with Crippen molar-refractivity contribution in [1.29, 1.82) is 0 Å². The number of nitro groups is 2. The van der Waals surface area contributed by atoms with E-state index in [1.54, 1.807) is 30.3 Å². The normalized spacial score (nSPS) is 10.5. The molecule has 0 saturated carbocycles. The van der Waals surface area contributed by atoms with Crippen LogP contribution in [0.5, 0.6) is 5.75 Å². The van der Waals surface area contributed by atoms with Crippen LogP contribution in [0.25, 0.3) is 0 Å². The van der Waals surface area contributed by atoms with Crippen molar-refractivity contribution in [1.82, 2.24) is 0 Å². The van der Waals surface area contributed by atoms with Gasteiger partial charge in [0.15, 0.2) is 0 Å². The molecular formula is C22H17F3N2O7. The lowest BCUT2D eigenvalue weighted by molar-refractivity contribution is -0.388. The van der Waals surface area contributed by atoms with Gasteiger partial charge in [-0.3, -0.25) is 20.2 Å². The monoisotopic (exact) mass is 478 g/mol. The van der Waals surface area contributed by atoms with E-state index < -0.39 is 33.2 Å². The van der Waals surface area contributed by atoms with Gasteiger partial charge < -0.3 is 9.47 Å². The van der Waals surface area contributed by atoms with E-state index in [4.69, 9.17) is 4.74 Å². The van der Waals surface area contributed by atoms with Crippen LogP contribution in [0.15, 0.2) is 72.8 Å². The zero-order chi connectivity index (χ0) is 25.3. The van der Waals surface area contributed by atoms with Gasteiger partial charge in [-0.15, -0.1) is 0 Å². The highest BCUT2D eigenvalue weighted by Gasteiger charge is 2.38. The Morgan fingerprint density at radius 2 is 1.53 bits per heavy atom. The minimum Gasteiger partial charge on any atom is -0.489 e. The van der Waals surface area contributed by atoms with Gasteiger partial charge in [0.1, 0.15) is 17.9 Å². The molecule has 0 radical (unpaired) electrons. The molecule has 0 amide bonds. The molecule has 0 aromatic heterocycles. The summed E-state index contributed by atoms with van der Waals surface area (Å²) in [6.45, 7) is -0.0729. The van der Waals surface area contributed by atoms with Crippen LogP contribution in [0.3, 0.4) is 0 Å². The van der Waals surface area contributed by atoms with Crippen LogP contribution in [0.1, 0.15) is 21.5 Å². The van der Waals surface area contributed by atoms with E-state index in [9.17, 15) is 38.2 Å². The number of benzene rings is 3. The molecule has 12 heteroatoms. The van der Waals surface area contributed by atoms with Crippen LogP contribution in [0.4, 0.5) is 24.5 Å². The fourth-order valence-corrected chi connectivity index (χ4v) is 2.56. The summed E-state index contributed by atoms with van der Waals surface area (Å²) in [5.41, 5.74) is -1.36. The summed E-state index contributed by atoms with van der Waals surface area (Å²) in [5, 5.41) is 20.7. The fourth-order valence-electron chi connectivity index (χ4n) is 2.56. The van der Waals surface area contributed by atoms with Gasteiger partial charge in [0, 0.05) is 18.2 Å². The van der Waals surface area contributed by atoms with Gasteiger partial charge in [-0.25, -0.2) is 4.79 Å². The maximum atomic E-state index is 12.9. The maximum absolute atomic E-state index is 12.9. The van der Waals surface area contributed by atoms with Gasteiger partial charge in [0.2, 0.25) is 0 Å². The zero-order valence-corrected chi connectivity index (χ0v) is 17.5. The molecule has 0 aliphatic heterocycles. The molecule has 0 heterocycles. The average Bonchev–Trinajstić information content (AvgIpc) is 2.82. The van der Waals surface area contributed by atoms with Crippen molar-refractivity contribution in [2.45, 2.75) is 12.8 Å². The third-order valence-corrected chi connectivity index (χ3v) is 4.22. The van der Waals surface area contributed by atoms with E-state index in [0.29, 0.717) is 17.2 Å². The highest BCUT2D eigenvalue weighted by molar-refractivity contribution is 5.89. The average molecular weight is 478 g/mol. The molecule has 3 aromatic carbocycles. The molecule has 34 heavy (non-hydrogen) atoms. The summed E-state index contributed by atoms with van der Waals surface area (Å²) in [5.74, 6) is -0.673. The minimum absolute atomic E-state index is 0.0729. The first-order valence-corrected chi connectivity index (χ1v) is 9.38. The molecule has 0 atom stereocenters. The van der Waals surface area contributed by atoms with Gasteiger partial charge in [0.05, 0.1) is 22.5 Å². The van der Waals surface area contributed by atoms with E-state index in [1.807, 2.05) is 0 Å². The number of nitrogens with zero attached hydrogens (tertiary/aromatic N) is 2. The van der Waals surface area contributed by atoms with Crippen LogP contribution in [-0.2, 0) is 17.5 Å². The quantitative estimate of drug-likeness (QED) is 0.258. The van der Waals surface area contributed by atoms with Crippen molar-refractivity contribution >= 4 is 17.3 Å². The highest BCUT2D eigenvalue weighted by Crippen LogP contribution is 2.38. The first-order valence-electron chi connectivity index (χ1n) is 9.38. The molecular weight excluding hydrogens is 461 g/mol. The van der Waals surface area contributed by atoms with Crippen LogP contribution in [-0.4, -0.2) is 22.9 Å².